The lowest BCUT2D eigenvalue weighted by Gasteiger charge is -2.32. The van der Waals surface area contributed by atoms with E-state index in [1.807, 2.05) is 13.8 Å². The van der Waals surface area contributed by atoms with E-state index in [1.165, 1.54) is 30.3 Å². The normalized spacial score (nSPS) is 14.2. The predicted molar refractivity (Wildman–Crippen MR) is 101 cm³/mol. The SMILES string of the molecule is CC[S+](CC)c1ccc(OS(=O)(=O)C(F)(F)C(F)(F)C(F)(F)C(F)(F)F)c2ccccc12. The van der Waals surface area contributed by atoms with Gasteiger partial charge < -0.3 is 4.18 Å². The molecular weight excluding hydrogens is 499 g/mol. The van der Waals surface area contributed by atoms with Gasteiger partial charge in [0.15, 0.2) is 10.6 Å². The van der Waals surface area contributed by atoms with Crippen LogP contribution in [0.1, 0.15) is 13.8 Å². The second kappa shape index (κ2) is 8.50. The molecule has 0 atom stereocenters. The highest BCUT2D eigenvalue weighted by Crippen LogP contribution is 2.55. The molecule has 3 nitrogen and oxygen atoms in total. The summed E-state index contributed by atoms with van der Waals surface area (Å²) in [6.45, 7) is 3.72. The van der Waals surface area contributed by atoms with E-state index in [0.717, 1.165) is 6.07 Å². The Bertz CT molecular complexity index is 1080. The molecule has 0 N–H and O–H groups in total. The lowest BCUT2D eigenvalue weighted by Crippen LogP contribution is -2.63. The molecule has 0 saturated carbocycles. The average molecular weight is 515 g/mol. The molecule has 2 aromatic carbocycles. The Hall–Kier alpha value is -1.83. The maximum absolute atomic E-state index is 14.0. The lowest BCUT2D eigenvalue weighted by molar-refractivity contribution is -0.382. The van der Waals surface area contributed by atoms with Crippen molar-refractivity contribution in [3.8, 4) is 5.75 Å². The zero-order valence-electron chi connectivity index (χ0n) is 16.3. The Morgan fingerprint density at radius 2 is 1.28 bits per heavy atom. The third-order valence-corrected chi connectivity index (χ3v) is 8.14. The molecule has 2 rings (SSSR count). The topological polar surface area (TPSA) is 43.4 Å². The predicted octanol–water partition coefficient (Wildman–Crippen LogP) is 5.99. The van der Waals surface area contributed by atoms with Crippen molar-refractivity contribution in [2.45, 2.75) is 42.0 Å². The van der Waals surface area contributed by atoms with Crippen LogP contribution in [0.15, 0.2) is 41.3 Å². The zero-order chi connectivity index (χ0) is 24.8. The molecule has 0 bridgehead atoms. The molecule has 2 aromatic rings. The minimum atomic E-state index is -7.36. The molecule has 0 aliphatic heterocycles. The molecule has 0 amide bonds. The first kappa shape index (κ1) is 26.4. The van der Waals surface area contributed by atoms with Gasteiger partial charge in [-0.1, -0.05) is 18.2 Å². The standard InChI is InChI=1S/C18H16F9O3S2/c1-3-31(4-2)14-10-9-13(11-7-5-6-8-12(11)14)30-32(28,29)18(26,27)16(21,22)15(19,20)17(23,24)25/h5-10H,3-4H2,1-2H3/q+1. The van der Waals surface area contributed by atoms with E-state index >= 15 is 0 Å². The van der Waals surface area contributed by atoms with E-state index in [9.17, 15) is 47.9 Å². The Labute approximate surface area is 180 Å². The van der Waals surface area contributed by atoms with Crippen LogP contribution < -0.4 is 4.18 Å². The molecule has 0 unspecified atom stereocenters. The molecule has 0 spiro atoms. The molecule has 0 aliphatic rings. The molecular formula is C18H16F9O3S2+. The fraction of sp³-hybridized carbons (Fsp3) is 0.444. The summed E-state index contributed by atoms with van der Waals surface area (Å²) >= 11 is 0. The first-order valence-electron chi connectivity index (χ1n) is 8.79. The van der Waals surface area contributed by atoms with Crippen LogP contribution in [0.2, 0.25) is 0 Å². The molecule has 0 fully saturated rings. The Kier molecular flexibility index (Phi) is 7.02. The fourth-order valence-corrected chi connectivity index (χ4v) is 5.48. The third-order valence-electron chi connectivity index (χ3n) is 4.48. The van der Waals surface area contributed by atoms with Crippen molar-refractivity contribution in [3.63, 3.8) is 0 Å². The van der Waals surface area contributed by atoms with E-state index in [0.29, 0.717) is 21.8 Å². The summed E-state index contributed by atoms with van der Waals surface area (Å²) in [5.74, 6) is -14.3. The van der Waals surface area contributed by atoms with Crippen LogP contribution in [0.5, 0.6) is 5.75 Å². The van der Waals surface area contributed by atoms with Crippen LogP contribution in [0.4, 0.5) is 39.5 Å². The van der Waals surface area contributed by atoms with Crippen molar-refractivity contribution in [2.24, 2.45) is 0 Å². The molecule has 0 heterocycles. The van der Waals surface area contributed by atoms with Crippen molar-refractivity contribution < 1.29 is 52.1 Å². The quantitative estimate of drug-likeness (QED) is 0.247. The number of fused-ring (bicyclic) bond motifs is 1. The second-order valence-electron chi connectivity index (χ2n) is 6.38. The van der Waals surface area contributed by atoms with Gasteiger partial charge in [-0.05, 0) is 32.0 Å². The van der Waals surface area contributed by atoms with E-state index in [2.05, 4.69) is 4.18 Å². The zero-order valence-corrected chi connectivity index (χ0v) is 18.0. The van der Waals surface area contributed by atoms with Crippen molar-refractivity contribution in [1.29, 1.82) is 0 Å². The summed E-state index contributed by atoms with van der Waals surface area (Å²) in [6.07, 6.45) is -7.15. The molecule has 0 aliphatic carbocycles. The summed E-state index contributed by atoms with van der Waals surface area (Å²) in [7, 11) is -7.37. The molecule has 180 valence electrons. The summed E-state index contributed by atoms with van der Waals surface area (Å²) in [6, 6.07) is 7.69. The van der Waals surface area contributed by atoms with Crippen LogP contribution >= 0.6 is 0 Å². The Balaban J connectivity index is 2.60. The highest BCUT2D eigenvalue weighted by molar-refractivity contribution is 7.97. The summed E-state index contributed by atoms with van der Waals surface area (Å²) in [5, 5.41) is -6.73. The second-order valence-corrected chi connectivity index (χ2v) is 10.5. The van der Waals surface area contributed by atoms with Crippen LogP contribution in [-0.4, -0.2) is 43.2 Å². The number of benzene rings is 2. The summed E-state index contributed by atoms with van der Waals surface area (Å²) < 4.78 is 146. The monoisotopic (exact) mass is 515 g/mol. The highest BCUT2D eigenvalue weighted by atomic mass is 32.2. The minimum Gasteiger partial charge on any atom is -0.377 e. The maximum Gasteiger partial charge on any atom is 0.460 e. The van der Waals surface area contributed by atoms with Gasteiger partial charge in [0, 0.05) is 21.7 Å². The van der Waals surface area contributed by atoms with Gasteiger partial charge in [0.1, 0.15) is 11.5 Å². The van der Waals surface area contributed by atoms with E-state index in [1.54, 1.807) is 0 Å². The Morgan fingerprint density at radius 1 is 0.781 bits per heavy atom. The van der Waals surface area contributed by atoms with Gasteiger partial charge in [0.05, 0.1) is 0 Å². The molecule has 0 aromatic heterocycles. The van der Waals surface area contributed by atoms with Gasteiger partial charge in [0.25, 0.3) is 0 Å². The van der Waals surface area contributed by atoms with Crippen LogP contribution in [0, 0.1) is 0 Å². The summed E-state index contributed by atoms with van der Waals surface area (Å²) in [4.78, 5) is 0.677. The van der Waals surface area contributed by atoms with E-state index in [4.69, 9.17) is 0 Å². The van der Waals surface area contributed by atoms with E-state index < -0.39 is 39.1 Å². The number of hydrogen-bond donors (Lipinski definition) is 0. The first-order chi connectivity index (χ1) is 14.5. The van der Waals surface area contributed by atoms with Gasteiger partial charge in [0.2, 0.25) is 0 Å². The highest BCUT2D eigenvalue weighted by Gasteiger charge is 2.86. The van der Waals surface area contributed by atoms with E-state index in [-0.39, 0.29) is 16.3 Å². The number of hydrogen-bond acceptors (Lipinski definition) is 3. The van der Waals surface area contributed by atoms with Gasteiger partial charge in [-0.2, -0.15) is 47.9 Å². The molecule has 14 heteroatoms. The molecule has 0 saturated heterocycles. The van der Waals surface area contributed by atoms with Gasteiger partial charge in [-0.3, -0.25) is 0 Å². The fourth-order valence-electron chi connectivity index (χ4n) is 2.77. The number of alkyl halides is 9. The first-order valence-corrected chi connectivity index (χ1v) is 11.8. The maximum atomic E-state index is 14.0. The van der Waals surface area contributed by atoms with Crippen LogP contribution in [0.25, 0.3) is 10.8 Å². The number of rotatable bonds is 8. The molecule has 0 radical (unpaired) electrons. The van der Waals surface area contributed by atoms with Gasteiger partial charge >= 0.3 is 33.4 Å². The van der Waals surface area contributed by atoms with Crippen molar-refractivity contribution in [2.75, 3.05) is 11.5 Å². The average Bonchev–Trinajstić information content (AvgIpc) is 2.68. The van der Waals surface area contributed by atoms with Crippen LogP contribution in [-0.2, 0) is 21.0 Å². The van der Waals surface area contributed by atoms with Crippen molar-refractivity contribution >= 4 is 31.8 Å². The largest absolute Gasteiger partial charge is 0.460 e. The van der Waals surface area contributed by atoms with Gasteiger partial charge in [-0.15, -0.1) is 0 Å². The smallest absolute Gasteiger partial charge is 0.377 e. The third kappa shape index (κ3) is 4.11. The summed E-state index contributed by atoms with van der Waals surface area (Å²) in [5.41, 5.74) is 0. The molecule has 32 heavy (non-hydrogen) atoms. The van der Waals surface area contributed by atoms with Gasteiger partial charge in [-0.25, -0.2) is 0 Å². The number of halogens is 9. The Morgan fingerprint density at radius 3 is 1.75 bits per heavy atom. The lowest BCUT2D eigenvalue weighted by atomic mass is 10.1. The van der Waals surface area contributed by atoms with Crippen molar-refractivity contribution in [3.05, 3.63) is 36.4 Å². The minimum absolute atomic E-state index is 0.130. The van der Waals surface area contributed by atoms with Crippen molar-refractivity contribution in [1.82, 2.24) is 0 Å². The van der Waals surface area contributed by atoms with Crippen LogP contribution in [0.3, 0.4) is 0 Å².